The van der Waals surface area contributed by atoms with Gasteiger partial charge in [-0.05, 0) is 52.9 Å². The first-order chi connectivity index (χ1) is 9.36. The fourth-order valence-corrected chi connectivity index (χ4v) is 3.48. The summed E-state index contributed by atoms with van der Waals surface area (Å²) in [6, 6.07) is 0.585. The second-order valence-electron chi connectivity index (χ2n) is 7.56. The van der Waals surface area contributed by atoms with E-state index in [2.05, 4.69) is 31.0 Å². The van der Waals surface area contributed by atoms with Crippen LogP contribution in [0.2, 0.25) is 0 Å². The summed E-state index contributed by atoms with van der Waals surface area (Å²) in [5, 5.41) is 3.26. The number of nitrogens with zero attached hydrogens (tertiary/aromatic N) is 1. The predicted molar refractivity (Wildman–Crippen MR) is 82.4 cm³/mol. The number of piperidine rings is 1. The molecule has 4 heteroatoms. The number of hydrogen-bond donors (Lipinski definition) is 2. The average molecular weight is 281 g/mol. The number of carbonyl (C=O) groups excluding carboxylic acids is 1. The van der Waals surface area contributed by atoms with Crippen LogP contribution in [0.3, 0.4) is 0 Å². The largest absolute Gasteiger partial charge is 0.353 e. The van der Waals surface area contributed by atoms with Crippen LogP contribution in [0, 0.1) is 5.92 Å². The number of carbonyl (C=O) groups is 1. The minimum Gasteiger partial charge on any atom is -0.353 e. The molecule has 2 fully saturated rings. The van der Waals surface area contributed by atoms with Gasteiger partial charge in [-0.25, -0.2) is 0 Å². The molecular weight excluding hydrogens is 250 g/mol. The van der Waals surface area contributed by atoms with E-state index in [4.69, 9.17) is 5.73 Å². The molecule has 1 heterocycles. The van der Waals surface area contributed by atoms with Crippen molar-refractivity contribution < 1.29 is 4.79 Å². The van der Waals surface area contributed by atoms with Gasteiger partial charge in [0.2, 0.25) is 5.91 Å². The highest BCUT2D eigenvalue weighted by molar-refractivity contribution is 5.79. The SMILES string of the molecule is CC(C)(C)N1CCC(NC(=O)C2CCCC(N)C2)CC1. The lowest BCUT2D eigenvalue weighted by Crippen LogP contribution is -2.52. The first-order valence-electron chi connectivity index (χ1n) is 8.17. The van der Waals surface area contributed by atoms with Crippen LogP contribution in [-0.2, 0) is 4.79 Å². The van der Waals surface area contributed by atoms with Crippen molar-refractivity contribution in [2.45, 2.75) is 76.9 Å². The van der Waals surface area contributed by atoms with Gasteiger partial charge in [0.15, 0.2) is 0 Å². The lowest BCUT2D eigenvalue weighted by Gasteiger charge is -2.41. The Balaban J connectivity index is 1.76. The highest BCUT2D eigenvalue weighted by Gasteiger charge is 2.30. The number of likely N-dealkylation sites (tertiary alicyclic amines) is 1. The van der Waals surface area contributed by atoms with Gasteiger partial charge in [-0.3, -0.25) is 9.69 Å². The normalized spacial score (nSPS) is 30.2. The Bertz CT molecular complexity index is 329. The summed E-state index contributed by atoms with van der Waals surface area (Å²) in [5.41, 5.74) is 6.22. The van der Waals surface area contributed by atoms with E-state index in [1.54, 1.807) is 0 Å². The Morgan fingerprint density at radius 1 is 1.15 bits per heavy atom. The molecule has 1 saturated carbocycles. The number of rotatable bonds is 2. The van der Waals surface area contributed by atoms with E-state index >= 15 is 0 Å². The summed E-state index contributed by atoms with van der Waals surface area (Å²) >= 11 is 0. The molecule has 1 amide bonds. The van der Waals surface area contributed by atoms with Gasteiger partial charge in [0, 0.05) is 36.6 Å². The van der Waals surface area contributed by atoms with Crippen molar-refractivity contribution in [3.63, 3.8) is 0 Å². The first-order valence-corrected chi connectivity index (χ1v) is 8.17. The maximum absolute atomic E-state index is 12.3. The zero-order chi connectivity index (χ0) is 14.8. The second-order valence-corrected chi connectivity index (χ2v) is 7.56. The van der Waals surface area contributed by atoms with Crippen LogP contribution in [0.5, 0.6) is 0 Å². The van der Waals surface area contributed by atoms with Gasteiger partial charge < -0.3 is 11.1 Å². The molecule has 0 aromatic rings. The highest BCUT2D eigenvalue weighted by atomic mass is 16.1. The zero-order valence-corrected chi connectivity index (χ0v) is 13.3. The van der Waals surface area contributed by atoms with Crippen molar-refractivity contribution in [1.29, 1.82) is 0 Å². The van der Waals surface area contributed by atoms with E-state index in [0.29, 0.717) is 6.04 Å². The Kier molecular flexibility index (Phi) is 5.08. The first kappa shape index (κ1) is 15.8. The minimum absolute atomic E-state index is 0.152. The second kappa shape index (κ2) is 6.44. The van der Waals surface area contributed by atoms with Gasteiger partial charge in [-0.2, -0.15) is 0 Å². The number of hydrogen-bond acceptors (Lipinski definition) is 3. The minimum atomic E-state index is 0.152. The Morgan fingerprint density at radius 2 is 1.80 bits per heavy atom. The van der Waals surface area contributed by atoms with Gasteiger partial charge in [0.25, 0.3) is 0 Å². The summed E-state index contributed by atoms with van der Waals surface area (Å²) in [6.45, 7) is 8.94. The molecule has 2 aliphatic rings. The molecule has 0 bridgehead atoms. The molecule has 0 aromatic carbocycles. The van der Waals surface area contributed by atoms with Gasteiger partial charge in [-0.1, -0.05) is 6.42 Å². The summed E-state index contributed by atoms with van der Waals surface area (Å²) in [6.07, 6.45) is 6.20. The molecule has 2 unspecified atom stereocenters. The van der Waals surface area contributed by atoms with Gasteiger partial charge in [0.1, 0.15) is 0 Å². The summed E-state index contributed by atoms with van der Waals surface area (Å²) in [4.78, 5) is 14.8. The molecule has 0 radical (unpaired) electrons. The van der Waals surface area contributed by atoms with Crippen molar-refractivity contribution in [3.8, 4) is 0 Å². The van der Waals surface area contributed by atoms with E-state index in [-0.39, 0.29) is 23.4 Å². The van der Waals surface area contributed by atoms with Crippen LogP contribution in [0.4, 0.5) is 0 Å². The third-order valence-electron chi connectivity index (χ3n) is 4.88. The lowest BCUT2D eigenvalue weighted by atomic mass is 9.85. The maximum atomic E-state index is 12.3. The van der Waals surface area contributed by atoms with E-state index in [9.17, 15) is 4.79 Å². The van der Waals surface area contributed by atoms with Gasteiger partial charge in [-0.15, -0.1) is 0 Å². The number of nitrogens with two attached hydrogens (primary N) is 1. The topological polar surface area (TPSA) is 58.4 Å². The zero-order valence-electron chi connectivity index (χ0n) is 13.3. The van der Waals surface area contributed by atoms with Crippen LogP contribution >= 0.6 is 0 Å². The molecule has 1 aliphatic heterocycles. The highest BCUT2D eigenvalue weighted by Crippen LogP contribution is 2.24. The van der Waals surface area contributed by atoms with E-state index in [0.717, 1.165) is 51.6 Å². The molecule has 0 aromatic heterocycles. The molecule has 2 rings (SSSR count). The van der Waals surface area contributed by atoms with E-state index in [1.807, 2.05) is 0 Å². The Hall–Kier alpha value is -0.610. The van der Waals surface area contributed by atoms with Crippen LogP contribution in [0.1, 0.15) is 59.3 Å². The fourth-order valence-electron chi connectivity index (χ4n) is 3.48. The monoisotopic (exact) mass is 281 g/mol. The van der Waals surface area contributed by atoms with Gasteiger partial charge >= 0.3 is 0 Å². The van der Waals surface area contributed by atoms with Crippen LogP contribution in [0.25, 0.3) is 0 Å². The fraction of sp³-hybridized carbons (Fsp3) is 0.938. The van der Waals surface area contributed by atoms with Crippen molar-refractivity contribution in [3.05, 3.63) is 0 Å². The molecule has 1 saturated heterocycles. The average Bonchev–Trinajstić information content (AvgIpc) is 2.38. The summed E-state index contributed by atoms with van der Waals surface area (Å²) in [5.74, 6) is 0.397. The lowest BCUT2D eigenvalue weighted by molar-refractivity contribution is -0.127. The molecule has 20 heavy (non-hydrogen) atoms. The molecule has 1 aliphatic carbocycles. The van der Waals surface area contributed by atoms with E-state index in [1.165, 1.54) is 0 Å². The quantitative estimate of drug-likeness (QED) is 0.812. The van der Waals surface area contributed by atoms with Crippen molar-refractivity contribution in [1.82, 2.24) is 10.2 Å². The summed E-state index contributed by atoms with van der Waals surface area (Å²) < 4.78 is 0. The Labute approximate surface area is 123 Å². The van der Waals surface area contributed by atoms with Crippen molar-refractivity contribution >= 4 is 5.91 Å². The molecule has 116 valence electrons. The molecule has 3 N–H and O–H groups in total. The van der Waals surface area contributed by atoms with E-state index < -0.39 is 0 Å². The number of nitrogens with one attached hydrogen (secondary N) is 1. The number of amides is 1. The maximum Gasteiger partial charge on any atom is 0.223 e. The van der Waals surface area contributed by atoms with Crippen LogP contribution in [-0.4, -0.2) is 41.5 Å². The molecule has 0 spiro atoms. The smallest absolute Gasteiger partial charge is 0.223 e. The van der Waals surface area contributed by atoms with Crippen molar-refractivity contribution in [2.24, 2.45) is 11.7 Å². The van der Waals surface area contributed by atoms with Crippen LogP contribution in [0.15, 0.2) is 0 Å². The van der Waals surface area contributed by atoms with Crippen LogP contribution < -0.4 is 11.1 Å². The standard InChI is InChI=1S/C16H31N3O/c1-16(2,3)19-9-7-14(8-10-19)18-15(20)12-5-4-6-13(17)11-12/h12-14H,4-11,17H2,1-3H3,(H,18,20). The third kappa shape index (κ3) is 4.19. The molecule has 2 atom stereocenters. The third-order valence-corrected chi connectivity index (χ3v) is 4.88. The Morgan fingerprint density at radius 3 is 2.35 bits per heavy atom. The molecular formula is C16H31N3O. The summed E-state index contributed by atoms with van der Waals surface area (Å²) in [7, 11) is 0. The van der Waals surface area contributed by atoms with Gasteiger partial charge in [0.05, 0.1) is 0 Å². The predicted octanol–water partition coefficient (Wildman–Crippen LogP) is 1.88. The van der Waals surface area contributed by atoms with Crippen molar-refractivity contribution in [2.75, 3.05) is 13.1 Å². The molecule has 4 nitrogen and oxygen atoms in total.